The summed E-state index contributed by atoms with van der Waals surface area (Å²) in [5.41, 5.74) is 9.22. The van der Waals surface area contributed by atoms with Gasteiger partial charge in [0.25, 0.3) is 0 Å². The van der Waals surface area contributed by atoms with Gasteiger partial charge >= 0.3 is 0 Å². The zero-order valence-electron chi connectivity index (χ0n) is 11.7. The van der Waals surface area contributed by atoms with Crippen molar-refractivity contribution in [3.63, 3.8) is 0 Å². The highest BCUT2D eigenvalue weighted by Crippen LogP contribution is 2.44. The smallest absolute Gasteiger partial charge is 0.0537 e. The number of nitrogens with zero attached hydrogens (tertiary/aromatic N) is 3. The van der Waals surface area contributed by atoms with Gasteiger partial charge in [-0.3, -0.25) is 0 Å². The Balaban J connectivity index is 0.000000574. The van der Waals surface area contributed by atoms with Gasteiger partial charge in [-0.1, -0.05) is 13.8 Å². The molecule has 4 nitrogen and oxygen atoms in total. The van der Waals surface area contributed by atoms with Crippen LogP contribution in [0.5, 0.6) is 0 Å². The molecule has 0 amide bonds. The molecule has 1 aromatic heterocycles. The van der Waals surface area contributed by atoms with Gasteiger partial charge in [0, 0.05) is 11.5 Å². The molecule has 18 heavy (non-hydrogen) atoms. The van der Waals surface area contributed by atoms with Crippen LogP contribution in [0, 0.1) is 0 Å². The second-order valence-corrected chi connectivity index (χ2v) is 5.20. The van der Waals surface area contributed by atoms with Gasteiger partial charge in [0.05, 0.1) is 12.4 Å². The minimum absolute atomic E-state index is 0.178. The maximum Gasteiger partial charge on any atom is 0.0537 e. The zero-order chi connectivity index (χ0) is 13.2. The highest BCUT2D eigenvalue weighted by Gasteiger charge is 2.46. The van der Waals surface area contributed by atoms with Crippen LogP contribution in [0.4, 0.5) is 0 Å². The Morgan fingerprint density at radius 2 is 1.83 bits per heavy atom. The third-order valence-electron chi connectivity index (χ3n) is 4.38. The molecule has 4 heteroatoms. The molecule has 2 heterocycles. The van der Waals surface area contributed by atoms with Crippen LogP contribution < -0.4 is 5.73 Å². The van der Waals surface area contributed by atoms with E-state index in [1.54, 1.807) is 0 Å². The van der Waals surface area contributed by atoms with Crippen LogP contribution in [0.25, 0.3) is 0 Å². The van der Waals surface area contributed by atoms with Crippen LogP contribution in [0.2, 0.25) is 0 Å². The molecular formula is C14H24N4. The molecule has 1 aliphatic carbocycles. The molecule has 1 spiro atoms. The number of aromatic nitrogens is 2. The Morgan fingerprint density at radius 3 is 2.50 bits per heavy atom. The van der Waals surface area contributed by atoms with Gasteiger partial charge < -0.3 is 10.6 Å². The van der Waals surface area contributed by atoms with E-state index in [1.165, 1.54) is 11.1 Å². The summed E-state index contributed by atoms with van der Waals surface area (Å²) >= 11 is 0. The summed E-state index contributed by atoms with van der Waals surface area (Å²) in [6.07, 6.45) is 7.11. The number of rotatable bonds is 0. The Bertz CT molecular complexity index is 397. The van der Waals surface area contributed by atoms with Gasteiger partial charge in [0.2, 0.25) is 0 Å². The maximum absolute atomic E-state index is 6.37. The van der Waals surface area contributed by atoms with E-state index in [0.29, 0.717) is 0 Å². The van der Waals surface area contributed by atoms with E-state index < -0.39 is 0 Å². The van der Waals surface area contributed by atoms with Gasteiger partial charge in [-0.25, -0.2) is 0 Å². The summed E-state index contributed by atoms with van der Waals surface area (Å²) in [6, 6.07) is 0.252. The lowest BCUT2D eigenvalue weighted by atomic mass is 9.72. The van der Waals surface area contributed by atoms with Gasteiger partial charge in [-0.05, 0) is 50.5 Å². The number of fused-ring (bicyclic) bond motifs is 2. The predicted octanol–water partition coefficient (Wildman–Crippen LogP) is 1.35. The van der Waals surface area contributed by atoms with Crippen LogP contribution in [0.1, 0.15) is 37.8 Å². The van der Waals surface area contributed by atoms with Crippen molar-refractivity contribution in [3.05, 3.63) is 23.5 Å². The number of hydrogen-bond donors (Lipinski definition) is 1. The molecule has 3 rings (SSSR count). The van der Waals surface area contributed by atoms with E-state index in [2.05, 4.69) is 22.1 Å². The SMILES string of the molecule is CC.CN1CCC2(CC1)c1cnncc1CC2N. The topological polar surface area (TPSA) is 55.0 Å². The summed E-state index contributed by atoms with van der Waals surface area (Å²) in [7, 11) is 2.18. The molecule has 0 aromatic carbocycles. The van der Waals surface area contributed by atoms with Crippen molar-refractivity contribution in [2.24, 2.45) is 5.73 Å². The molecule has 0 bridgehead atoms. The van der Waals surface area contributed by atoms with Crippen molar-refractivity contribution >= 4 is 0 Å². The molecule has 1 atom stereocenters. The third kappa shape index (κ3) is 2.04. The molecule has 100 valence electrons. The van der Waals surface area contributed by atoms with Crippen molar-refractivity contribution in [1.29, 1.82) is 0 Å². The summed E-state index contributed by atoms with van der Waals surface area (Å²) in [4.78, 5) is 2.38. The van der Waals surface area contributed by atoms with E-state index in [-0.39, 0.29) is 11.5 Å². The number of piperidine rings is 1. The molecule has 2 aliphatic rings. The fourth-order valence-electron chi connectivity index (χ4n) is 3.25. The van der Waals surface area contributed by atoms with Crippen molar-refractivity contribution in [1.82, 2.24) is 15.1 Å². The normalized spacial score (nSPS) is 25.4. The van der Waals surface area contributed by atoms with Gasteiger partial charge in [-0.2, -0.15) is 10.2 Å². The van der Waals surface area contributed by atoms with Crippen LogP contribution in [0.3, 0.4) is 0 Å². The Morgan fingerprint density at radius 1 is 1.22 bits per heavy atom. The van der Waals surface area contributed by atoms with Crippen LogP contribution in [-0.4, -0.2) is 41.3 Å². The number of likely N-dealkylation sites (tertiary alicyclic amines) is 1. The van der Waals surface area contributed by atoms with Crippen LogP contribution >= 0.6 is 0 Å². The lowest BCUT2D eigenvalue weighted by molar-refractivity contribution is 0.172. The molecule has 1 aliphatic heterocycles. The largest absolute Gasteiger partial charge is 0.327 e. The summed E-state index contributed by atoms with van der Waals surface area (Å²) < 4.78 is 0. The second kappa shape index (κ2) is 5.33. The number of hydrogen-bond acceptors (Lipinski definition) is 4. The Kier molecular flexibility index (Phi) is 3.97. The van der Waals surface area contributed by atoms with Gasteiger partial charge in [0.15, 0.2) is 0 Å². The Labute approximate surface area is 110 Å². The first-order chi connectivity index (χ1) is 8.72. The highest BCUT2D eigenvalue weighted by atomic mass is 15.1. The monoisotopic (exact) mass is 248 g/mol. The van der Waals surface area contributed by atoms with E-state index in [1.807, 2.05) is 26.2 Å². The zero-order valence-corrected chi connectivity index (χ0v) is 11.7. The van der Waals surface area contributed by atoms with E-state index >= 15 is 0 Å². The minimum atomic E-state index is 0.178. The van der Waals surface area contributed by atoms with E-state index in [9.17, 15) is 0 Å². The summed E-state index contributed by atoms with van der Waals surface area (Å²) in [6.45, 7) is 6.27. The quantitative estimate of drug-likeness (QED) is 0.753. The second-order valence-electron chi connectivity index (χ2n) is 5.20. The molecule has 0 radical (unpaired) electrons. The average Bonchev–Trinajstić information content (AvgIpc) is 2.69. The first-order valence-electron chi connectivity index (χ1n) is 6.96. The molecular weight excluding hydrogens is 224 g/mol. The predicted molar refractivity (Wildman–Crippen MR) is 73.5 cm³/mol. The average molecular weight is 248 g/mol. The fraction of sp³-hybridized carbons (Fsp3) is 0.714. The minimum Gasteiger partial charge on any atom is -0.327 e. The third-order valence-corrected chi connectivity index (χ3v) is 4.38. The van der Waals surface area contributed by atoms with Crippen LogP contribution in [0.15, 0.2) is 12.4 Å². The molecule has 1 unspecified atom stereocenters. The lowest BCUT2D eigenvalue weighted by Gasteiger charge is -2.41. The molecule has 0 saturated carbocycles. The van der Waals surface area contributed by atoms with Crippen LogP contribution in [-0.2, 0) is 11.8 Å². The summed E-state index contributed by atoms with van der Waals surface area (Å²) in [5, 5.41) is 8.01. The fourth-order valence-corrected chi connectivity index (χ4v) is 3.25. The van der Waals surface area contributed by atoms with Gasteiger partial charge in [-0.15, -0.1) is 0 Å². The van der Waals surface area contributed by atoms with Crippen molar-refractivity contribution in [2.75, 3.05) is 20.1 Å². The lowest BCUT2D eigenvalue weighted by Crippen LogP contribution is -2.49. The molecule has 1 saturated heterocycles. The number of nitrogens with two attached hydrogens (primary N) is 1. The van der Waals surface area contributed by atoms with Crippen molar-refractivity contribution in [3.8, 4) is 0 Å². The van der Waals surface area contributed by atoms with Crippen molar-refractivity contribution in [2.45, 2.75) is 44.6 Å². The standard InChI is InChI=1S/C12H18N4.C2H6/c1-16-4-2-12(3-5-16)10-8-15-14-7-9(10)6-11(12)13;1-2/h7-8,11H,2-6,13H2,1H3;1-2H3. The maximum atomic E-state index is 6.37. The molecule has 2 N–H and O–H groups in total. The van der Waals surface area contributed by atoms with E-state index in [4.69, 9.17) is 5.73 Å². The summed E-state index contributed by atoms with van der Waals surface area (Å²) in [5.74, 6) is 0. The van der Waals surface area contributed by atoms with Gasteiger partial charge in [0.1, 0.15) is 0 Å². The van der Waals surface area contributed by atoms with Crippen molar-refractivity contribution < 1.29 is 0 Å². The molecule has 1 fully saturated rings. The molecule has 1 aromatic rings. The highest BCUT2D eigenvalue weighted by molar-refractivity contribution is 5.39. The first-order valence-corrected chi connectivity index (χ1v) is 6.96. The van der Waals surface area contributed by atoms with E-state index in [0.717, 1.165) is 32.4 Å². The Hall–Kier alpha value is -1.00. The first kappa shape index (κ1) is 13.4.